The van der Waals surface area contributed by atoms with Crippen molar-refractivity contribution in [3.63, 3.8) is 0 Å². The maximum absolute atomic E-state index is 15.3. The Morgan fingerprint density at radius 1 is 1.03 bits per heavy atom. The number of likely N-dealkylation sites (tertiary alicyclic amines) is 2. The van der Waals surface area contributed by atoms with Crippen molar-refractivity contribution in [1.82, 2.24) is 29.3 Å². The van der Waals surface area contributed by atoms with Gasteiger partial charge in [-0.15, -0.1) is 0 Å². The summed E-state index contributed by atoms with van der Waals surface area (Å²) in [4.78, 5) is 17.8. The Bertz CT molecular complexity index is 1300. The molecule has 2 aliphatic heterocycles. The summed E-state index contributed by atoms with van der Waals surface area (Å²) in [7, 11) is 3.12. The van der Waals surface area contributed by atoms with Crippen molar-refractivity contribution >= 4 is 11.2 Å². The SMILES string of the molecule is COCCN1C[C@H]2C[C@@H]1CN2Cc1ccc(Cn2c(CCC(F)(F)F)nc3c(C)nc(OC)nc32)c(F)c1. The van der Waals surface area contributed by atoms with E-state index in [1.54, 1.807) is 20.1 Å². The Morgan fingerprint density at radius 3 is 2.45 bits per heavy atom. The van der Waals surface area contributed by atoms with E-state index in [9.17, 15) is 13.2 Å². The second-order valence-corrected chi connectivity index (χ2v) is 10.1. The molecule has 0 aliphatic carbocycles. The summed E-state index contributed by atoms with van der Waals surface area (Å²) in [5.41, 5.74) is 2.40. The third kappa shape index (κ3) is 5.62. The molecule has 0 spiro atoms. The number of rotatable bonds is 10. The van der Waals surface area contributed by atoms with Gasteiger partial charge >= 0.3 is 12.2 Å². The predicted molar refractivity (Wildman–Crippen MR) is 133 cm³/mol. The highest BCUT2D eigenvalue weighted by Crippen LogP contribution is 2.32. The second kappa shape index (κ2) is 10.7. The summed E-state index contributed by atoms with van der Waals surface area (Å²) in [6.07, 6.45) is -4.62. The fraction of sp³-hybridized carbons (Fsp3) is 0.577. The number of alkyl halides is 3. The summed E-state index contributed by atoms with van der Waals surface area (Å²) in [5.74, 6) is -0.229. The molecule has 206 valence electrons. The van der Waals surface area contributed by atoms with Crippen LogP contribution in [0.1, 0.15) is 35.5 Å². The second-order valence-electron chi connectivity index (χ2n) is 10.1. The van der Waals surface area contributed by atoms with Crippen molar-refractivity contribution in [2.75, 3.05) is 40.5 Å². The minimum absolute atomic E-state index is 0.00170. The van der Waals surface area contributed by atoms with E-state index in [-0.39, 0.29) is 24.8 Å². The normalized spacial score (nSPS) is 20.2. The number of methoxy groups -OCH3 is 2. The van der Waals surface area contributed by atoms with Crippen LogP contribution in [0.4, 0.5) is 17.6 Å². The zero-order chi connectivity index (χ0) is 27.0. The van der Waals surface area contributed by atoms with E-state index < -0.39 is 18.4 Å². The fourth-order valence-electron chi connectivity index (χ4n) is 5.59. The van der Waals surface area contributed by atoms with E-state index in [1.165, 1.54) is 17.7 Å². The van der Waals surface area contributed by atoms with Gasteiger partial charge < -0.3 is 14.0 Å². The molecule has 0 unspecified atom stereocenters. The molecule has 1 aromatic carbocycles. The average molecular weight is 537 g/mol. The zero-order valence-electron chi connectivity index (χ0n) is 21.8. The number of hydrogen-bond donors (Lipinski definition) is 0. The molecule has 0 radical (unpaired) electrons. The van der Waals surface area contributed by atoms with Crippen LogP contribution in [0.2, 0.25) is 0 Å². The number of piperazine rings is 1. The molecule has 8 nitrogen and oxygen atoms in total. The molecule has 0 N–H and O–H groups in total. The standard InChI is InChI=1S/C26H32F4N6O2/c1-16-23-24(33-25(31-16)38-3)36(22(32-23)6-7-26(28,29)30)13-18-5-4-17(10-21(18)27)12-35-15-19-11-20(35)14-34(19)8-9-37-2/h4-5,10,19-20H,6-9,11-15H2,1-3H3/t19-,20-/m1/s1. The first-order valence-electron chi connectivity index (χ1n) is 12.7. The zero-order valence-corrected chi connectivity index (χ0v) is 21.8. The maximum atomic E-state index is 15.3. The van der Waals surface area contributed by atoms with Gasteiger partial charge in [-0.1, -0.05) is 12.1 Å². The molecule has 12 heteroatoms. The molecule has 2 atom stereocenters. The molecule has 4 heterocycles. The lowest BCUT2D eigenvalue weighted by molar-refractivity contribution is -0.134. The van der Waals surface area contributed by atoms with Crippen LogP contribution in [0.15, 0.2) is 18.2 Å². The molecule has 0 saturated carbocycles. The number of benzene rings is 1. The van der Waals surface area contributed by atoms with Crippen molar-refractivity contribution in [2.45, 2.75) is 57.5 Å². The van der Waals surface area contributed by atoms with Crippen LogP contribution in [0.3, 0.4) is 0 Å². The Kier molecular flexibility index (Phi) is 7.56. The van der Waals surface area contributed by atoms with Gasteiger partial charge in [-0.05, 0) is 25.0 Å². The van der Waals surface area contributed by atoms with Gasteiger partial charge in [-0.3, -0.25) is 9.80 Å². The number of hydrogen-bond acceptors (Lipinski definition) is 7. The third-order valence-corrected chi connectivity index (χ3v) is 7.52. The largest absolute Gasteiger partial charge is 0.467 e. The number of fused-ring (bicyclic) bond motifs is 3. The van der Waals surface area contributed by atoms with Crippen LogP contribution < -0.4 is 4.74 Å². The fourth-order valence-corrected chi connectivity index (χ4v) is 5.59. The molecule has 2 bridgehead atoms. The first kappa shape index (κ1) is 26.8. The van der Waals surface area contributed by atoms with E-state index in [4.69, 9.17) is 9.47 Å². The third-order valence-electron chi connectivity index (χ3n) is 7.52. The molecular formula is C26H32F4N6O2. The number of ether oxygens (including phenoxy) is 2. The van der Waals surface area contributed by atoms with E-state index in [0.717, 1.165) is 38.2 Å². The highest BCUT2D eigenvalue weighted by atomic mass is 19.4. The summed E-state index contributed by atoms with van der Waals surface area (Å²) in [6.45, 7) is 5.94. The van der Waals surface area contributed by atoms with Gasteiger partial charge in [0.15, 0.2) is 5.65 Å². The Morgan fingerprint density at radius 2 is 1.79 bits per heavy atom. The Hall–Kier alpha value is -2.83. The van der Waals surface area contributed by atoms with Crippen LogP contribution >= 0.6 is 0 Å². The van der Waals surface area contributed by atoms with Crippen LogP contribution in [-0.4, -0.2) is 88.0 Å². The first-order chi connectivity index (χ1) is 18.1. The highest BCUT2D eigenvalue weighted by molar-refractivity contribution is 5.74. The lowest BCUT2D eigenvalue weighted by Crippen LogP contribution is -2.46. The Labute approximate surface area is 218 Å². The number of aryl methyl sites for hydroxylation is 2. The maximum Gasteiger partial charge on any atom is 0.389 e. The van der Waals surface area contributed by atoms with Crippen LogP contribution in [0.5, 0.6) is 6.01 Å². The van der Waals surface area contributed by atoms with Crippen molar-refractivity contribution in [3.8, 4) is 6.01 Å². The smallest absolute Gasteiger partial charge is 0.389 e. The van der Waals surface area contributed by atoms with Crippen LogP contribution in [-0.2, 0) is 24.2 Å². The first-order valence-corrected chi connectivity index (χ1v) is 12.7. The minimum atomic E-state index is -4.34. The summed E-state index contributed by atoms with van der Waals surface area (Å²) in [5, 5.41) is 0. The van der Waals surface area contributed by atoms with Gasteiger partial charge in [0.25, 0.3) is 0 Å². The van der Waals surface area contributed by atoms with Crippen LogP contribution in [0, 0.1) is 12.7 Å². The van der Waals surface area contributed by atoms with E-state index in [1.807, 2.05) is 6.07 Å². The quantitative estimate of drug-likeness (QED) is 0.366. The summed E-state index contributed by atoms with van der Waals surface area (Å²) in [6, 6.07) is 6.16. The van der Waals surface area contributed by atoms with E-state index in [2.05, 4.69) is 24.8 Å². The van der Waals surface area contributed by atoms with Crippen molar-refractivity contribution in [2.24, 2.45) is 0 Å². The molecule has 2 fully saturated rings. The van der Waals surface area contributed by atoms with Crippen molar-refractivity contribution in [3.05, 3.63) is 46.7 Å². The van der Waals surface area contributed by atoms with E-state index in [0.29, 0.717) is 41.0 Å². The van der Waals surface area contributed by atoms with Crippen molar-refractivity contribution in [1.29, 1.82) is 0 Å². The Balaban J connectivity index is 1.35. The van der Waals surface area contributed by atoms with Crippen molar-refractivity contribution < 1.29 is 27.0 Å². The van der Waals surface area contributed by atoms with Gasteiger partial charge in [-0.2, -0.15) is 23.1 Å². The van der Waals surface area contributed by atoms with Gasteiger partial charge in [0, 0.05) is 57.4 Å². The van der Waals surface area contributed by atoms with Gasteiger partial charge in [0.05, 0.1) is 32.4 Å². The number of aromatic nitrogens is 4. The predicted octanol–water partition coefficient (Wildman–Crippen LogP) is 3.73. The van der Waals surface area contributed by atoms with E-state index >= 15 is 4.39 Å². The molecule has 38 heavy (non-hydrogen) atoms. The lowest BCUT2D eigenvalue weighted by Gasteiger charge is -2.34. The molecule has 2 aliphatic rings. The number of imidazole rings is 1. The summed E-state index contributed by atoms with van der Waals surface area (Å²) < 4.78 is 66.2. The van der Waals surface area contributed by atoms with Crippen LogP contribution in [0.25, 0.3) is 11.2 Å². The molecule has 3 aromatic rings. The molecular weight excluding hydrogens is 504 g/mol. The number of halogens is 4. The highest BCUT2D eigenvalue weighted by Gasteiger charge is 2.42. The minimum Gasteiger partial charge on any atom is -0.467 e. The van der Waals surface area contributed by atoms with Gasteiger partial charge in [0.2, 0.25) is 0 Å². The molecule has 5 rings (SSSR count). The average Bonchev–Trinajstić information content (AvgIpc) is 3.55. The van der Waals surface area contributed by atoms with Gasteiger partial charge in [-0.25, -0.2) is 9.37 Å². The topological polar surface area (TPSA) is 68.5 Å². The number of nitrogens with zero attached hydrogens (tertiary/aromatic N) is 6. The van der Waals surface area contributed by atoms with Gasteiger partial charge in [0.1, 0.15) is 17.2 Å². The molecule has 2 aromatic heterocycles. The summed E-state index contributed by atoms with van der Waals surface area (Å²) >= 11 is 0. The monoisotopic (exact) mass is 536 g/mol. The molecule has 2 saturated heterocycles. The molecule has 0 amide bonds. The lowest BCUT2D eigenvalue weighted by atomic mass is 10.1.